The molecule has 186 valence electrons. The Morgan fingerprint density at radius 3 is 2.39 bits per heavy atom. The summed E-state index contributed by atoms with van der Waals surface area (Å²) in [4.78, 5) is 28.2. The maximum Gasteiger partial charge on any atom is 0.481 e. The molecule has 2 saturated heterocycles. The van der Waals surface area contributed by atoms with E-state index in [1.165, 1.54) is 6.42 Å². The van der Waals surface area contributed by atoms with Crippen molar-refractivity contribution in [3.8, 4) is 0 Å². The Bertz CT molecular complexity index is 804. The second-order valence-electron chi connectivity index (χ2n) is 13.6. The van der Waals surface area contributed by atoms with Gasteiger partial charge in [0, 0.05) is 6.54 Å². The molecule has 0 radical (unpaired) electrons. The lowest BCUT2D eigenvalue weighted by atomic mass is 9.45. The zero-order valence-corrected chi connectivity index (χ0v) is 22.0. The van der Waals surface area contributed by atoms with Gasteiger partial charge >= 0.3 is 13.2 Å². The van der Waals surface area contributed by atoms with Gasteiger partial charge in [-0.1, -0.05) is 34.6 Å². The summed E-state index contributed by atoms with van der Waals surface area (Å²) in [6.45, 7) is 18.9. The monoisotopic (exact) mass is 462 g/mol. The highest BCUT2D eigenvalue weighted by atomic mass is 16.7. The highest BCUT2D eigenvalue weighted by Crippen LogP contribution is 2.64. The van der Waals surface area contributed by atoms with Gasteiger partial charge in [0.2, 0.25) is 5.91 Å². The van der Waals surface area contributed by atoms with E-state index in [0.717, 1.165) is 19.3 Å². The second-order valence-corrected chi connectivity index (χ2v) is 13.6. The Morgan fingerprint density at radius 1 is 1.15 bits per heavy atom. The Hall–Kier alpha value is -1.28. The summed E-state index contributed by atoms with van der Waals surface area (Å²) in [5, 5.41) is 2.85. The zero-order valence-electron chi connectivity index (χ0n) is 22.0. The van der Waals surface area contributed by atoms with Crippen LogP contribution in [0.2, 0.25) is 0 Å². The van der Waals surface area contributed by atoms with E-state index in [0.29, 0.717) is 23.8 Å². The van der Waals surface area contributed by atoms with Gasteiger partial charge in [-0.25, -0.2) is 4.79 Å². The molecule has 3 saturated carbocycles. The summed E-state index contributed by atoms with van der Waals surface area (Å²) in [6.07, 6.45) is 3.49. The molecule has 3 aliphatic carbocycles. The lowest BCUT2D eigenvalue weighted by Gasteiger charge is -2.63. The van der Waals surface area contributed by atoms with E-state index in [1.807, 2.05) is 46.4 Å². The van der Waals surface area contributed by atoms with Crippen LogP contribution in [0.15, 0.2) is 0 Å². The maximum absolute atomic E-state index is 13.8. The van der Waals surface area contributed by atoms with E-state index < -0.39 is 30.3 Å². The number of amides is 2. The second kappa shape index (κ2) is 7.87. The third-order valence-corrected chi connectivity index (χ3v) is 8.50. The van der Waals surface area contributed by atoms with Gasteiger partial charge in [0.15, 0.2) is 0 Å². The van der Waals surface area contributed by atoms with Crippen LogP contribution in [0.3, 0.4) is 0 Å². The SMILES string of the molecule is CC(C)(C)OC(=O)NC(C(=O)N1CCCC1B1OC2C3CC(C[C@]2(C)O1)C3(C)C)C(C)(C)C. The predicted molar refractivity (Wildman–Crippen MR) is 127 cm³/mol. The molecular weight excluding hydrogens is 419 g/mol. The van der Waals surface area contributed by atoms with E-state index in [1.54, 1.807) is 0 Å². The fourth-order valence-corrected chi connectivity index (χ4v) is 6.50. The molecule has 2 amide bonds. The first-order valence-corrected chi connectivity index (χ1v) is 12.7. The summed E-state index contributed by atoms with van der Waals surface area (Å²) in [6, 6.07) is -0.695. The molecule has 8 heteroatoms. The van der Waals surface area contributed by atoms with Crippen LogP contribution in [0.1, 0.15) is 88.0 Å². The van der Waals surface area contributed by atoms with E-state index >= 15 is 0 Å². The van der Waals surface area contributed by atoms with Crippen molar-refractivity contribution in [1.82, 2.24) is 10.2 Å². The summed E-state index contributed by atoms with van der Waals surface area (Å²) in [5.74, 6) is 0.960. The number of likely N-dealkylation sites (tertiary alicyclic amines) is 1. The molecular formula is C25H43BN2O5. The number of carbonyl (C=O) groups excluding carboxylic acids is 2. The first kappa shape index (κ1) is 24.8. The summed E-state index contributed by atoms with van der Waals surface area (Å²) >= 11 is 0. The zero-order chi connectivity index (χ0) is 24.6. The van der Waals surface area contributed by atoms with Crippen molar-refractivity contribution in [2.45, 2.75) is 117 Å². The molecule has 0 aromatic rings. The fourth-order valence-electron chi connectivity index (χ4n) is 6.50. The van der Waals surface area contributed by atoms with Crippen LogP contribution in [0, 0.1) is 22.7 Å². The molecule has 5 unspecified atom stereocenters. The molecule has 7 nitrogen and oxygen atoms in total. The quantitative estimate of drug-likeness (QED) is 0.637. The molecule has 0 aromatic carbocycles. The summed E-state index contributed by atoms with van der Waals surface area (Å²) in [7, 11) is -0.413. The lowest BCUT2D eigenvalue weighted by molar-refractivity contribution is -0.185. The van der Waals surface area contributed by atoms with Crippen LogP contribution in [0.5, 0.6) is 0 Å². The van der Waals surface area contributed by atoms with Crippen molar-refractivity contribution >= 4 is 19.1 Å². The average molecular weight is 462 g/mol. The summed E-state index contributed by atoms with van der Waals surface area (Å²) < 4.78 is 18.6. The van der Waals surface area contributed by atoms with Crippen molar-refractivity contribution in [1.29, 1.82) is 0 Å². The number of nitrogens with zero attached hydrogens (tertiary/aromatic N) is 1. The van der Waals surface area contributed by atoms with Crippen molar-refractivity contribution in [2.24, 2.45) is 22.7 Å². The molecule has 0 aromatic heterocycles. The number of nitrogens with one attached hydrogen (secondary N) is 1. The molecule has 5 rings (SSSR count). The molecule has 0 spiro atoms. The minimum atomic E-state index is -0.695. The van der Waals surface area contributed by atoms with Crippen LogP contribution < -0.4 is 5.32 Å². The molecule has 2 aliphatic heterocycles. The van der Waals surface area contributed by atoms with Crippen molar-refractivity contribution in [3.63, 3.8) is 0 Å². The molecule has 2 bridgehead atoms. The van der Waals surface area contributed by atoms with Gasteiger partial charge in [0.25, 0.3) is 0 Å². The Labute approximate surface area is 199 Å². The smallest absolute Gasteiger partial charge is 0.444 e. The van der Waals surface area contributed by atoms with Gasteiger partial charge in [-0.15, -0.1) is 0 Å². The molecule has 5 aliphatic rings. The van der Waals surface area contributed by atoms with Crippen molar-refractivity contribution < 1.29 is 23.6 Å². The van der Waals surface area contributed by atoms with Crippen LogP contribution in [-0.2, 0) is 18.8 Å². The average Bonchev–Trinajstić information content (AvgIpc) is 3.26. The minimum Gasteiger partial charge on any atom is -0.444 e. The van der Waals surface area contributed by atoms with Crippen molar-refractivity contribution in [3.05, 3.63) is 0 Å². The third-order valence-electron chi connectivity index (χ3n) is 8.50. The van der Waals surface area contributed by atoms with Crippen LogP contribution in [0.4, 0.5) is 4.79 Å². The van der Waals surface area contributed by atoms with Crippen LogP contribution in [-0.4, -0.2) is 59.9 Å². The fraction of sp³-hybridized carbons (Fsp3) is 0.920. The van der Waals surface area contributed by atoms with Crippen LogP contribution >= 0.6 is 0 Å². The van der Waals surface area contributed by atoms with Crippen LogP contribution in [0.25, 0.3) is 0 Å². The van der Waals surface area contributed by atoms with E-state index in [2.05, 4.69) is 26.1 Å². The Morgan fingerprint density at radius 2 is 1.82 bits per heavy atom. The number of rotatable bonds is 3. The van der Waals surface area contributed by atoms with E-state index in [9.17, 15) is 9.59 Å². The van der Waals surface area contributed by atoms with Gasteiger partial charge in [-0.2, -0.15) is 0 Å². The Balaban J connectivity index is 1.49. The van der Waals surface area contributed by atoms with Gasteiger partial charge < -0.3 is 24.3 Å². The number of hydrogen-bond acceptors (Lipinski definition) is 5. The molecule has 1 N–H and O–H groups in total. The number of ether oxygens (including phenoxy) is 1. The van der Waals surface area contributed by atoms with E-state index in [-0.39, 0.29) is 23.6 Å². The number of carbonyl (C=O) groups is 2. The third kappa shape index (κ3) is 4.42. The van der Waals surface area contributed by atoms with E-state index in [4.69, 9.17) is 14.0 Å². The van der Waals surface area contributed by atoms with Gasteiger partial charge in [-0.05, 0) is 76.0 Å². The molecule has 33 heavy (non-hydrogen) atoms. The molecule has 2 heterocycles. The largest absolute Gasteiger partial charge is 0.481 e. The number of hydrogen-bond donors (Lipinski definition) is 1. The molecule has 5 fully saturated rings. The first-order chi connectivity index (χ1) is 15.0. The lowest BCUT2D eigenvalue weighted by Crippen LogP contribution is -2.63. The standard InChI is InChI=1S/C25H43BN2O5/c1-22(2,3)18(27-21(30)31-23(4,5)6)20(29)28-12-10-11-17(28)26-32-19-16-13-15(24(16,7)8)14-25(19,9)33-26/h15-19H,10-14H2,1-9H3,(H,27,30)/t15?,16?,17?,18?,19?,25-/m0/s1. The maximum atomic E-state index is 13.8. The van der Waals surface area contributed by atoms with Gasteiger partial charge in [-0.3, -0.25) is 4.79 Å². The van der Waals surface area contributed by atoms with Crippen molar-refractivity contribution in [2.75, 3.05) is 6.54 Å². The summed E-state index contributed by atoms with van der Waals surface area (Å²) in [5.41, 5.74) is -1.08. The normalized spacial score (nSPS) is 36.2. The first-order valence-electron chi connectivity index (χ1n) is 12.7. The highest BCUT2D eigenvalue weighted by molar-refractivity contribution is 6.48. The number of alkyl carbamates (subject to hydrolysis) is 1. The highest BCUT2D eigenvalue weighted by Gasteiger charge is 2.68. The van der Waals surface area contributed by atoms with Gasteiger partial charge in [0.1, 0.15) is 11.6 Å². The topological polar surface area (TPSA) is 77.1 Å². The van der Waals surface area contributed by atoms with Gasteiger partial charge in [0.05, 0.1) is 17.6 Å². The predicted octanol–water partition coefficient (Wildman–Crippen LogP) is 4.18. The molecule has 6 atom stereocenters. The Kier molecular flexibility index (Phi) is 5.92. The minimum absolute atomic E-state index is 0.0818.